The molecule has 1 aliphatic carbocycles. The van der Waals surface area contributed by atoms with E-state index in [-0.39, 0.29) is 5.92 Å². The quantitative estimate of drug-likeness (QED) is 0.644. The lowest BCUT2D eigenvalue weighted by atomic mass is 9.93. The number of nitrogens with zero attached hydrogens (tertiary/aromatic N) is 6. The molecular weight excluding hydrogens is 448 g/mol. The molecule has 0 spiro atoms. The lowest BCUT2D eigenvalue weighted by Crippen LogP contribution is -2.48. The van der Waals surface area contributed by atoms with E-state index >= 15 is 0 Å². The lowest BCUT2D eigenvalue weighted by molar-refractivity contribution is -0.138. The highest BCUT2D eigenvalue weighted by Crippen LogP contribution is 2.42. The maximum Gasteiger partial charge on any atom is 0.225 e. The fourth-order valence-electron chi connectivity index (χ4n) is 6.20. The third-order valence-electron chi connectivity index (χ3n) is 8.13. The van der Waals surface area contributed by atoms with E-state index in [4.69, 9.17) is 0 Å². The van der Waals surface area contributed by atoms with Crippen LogP contribution in [0.2, 0.25) is 0 Å². The number of piperidine rings is 2. The summed E-state index contributed by atoms with van der Waals surface area (Å²) in [6.45, 7) is 4.49. The van der Waals surface area contributed by atoms with Crippen LogP contribution in [0.4, 0.5) is 0 Å². The van der Waals surface area contributed by atoms with Crippen LogP contribution in [0.15, 0.2) is 72.9 Å². The molecule has 7 heteroatoms. The van der Waals surface area contributed by atoms with Gasteiger partial charge in [0.15, 0.2) is 0 Å². The van der Waals surface area contributed by atoms with E-state index in [0.29, 0.717) is 17.9 Å². The van der Waals surface area contributed by atoms with Gasteiger partial charge in [0.2, 0.25) is 5.91 Å². The van der Waals surface area contributed by atoms with Gasteiger partial charge < -0.3 is 9.80 Å². The van der Waals surface area contributed by atoms with Gasteiger partial charge in [-0.15, -0.1) is 0 Å². The fourth-order valence-corrected chi connectivity index (χ4v) is 6.20. The molecule has 2 saturated heterocycles. The summed E-state index contributed by atoms with van der Waals surface area (Å²) in [4.78, 5) is 25.2. The number of aromatic nitrogens is 3. The Hall–Kier alpha value is -3.32. The van der Waals surface area contributed by atoms with Crippen LogP contribution >= 0.6 is 0 Å². The molecule has 1 unspecified atom stereocenters. The van der Waals surface area contributed by atoms with Gasteiger partial charge in [0.1, 0.15) is 0 Å². The maximum atomic E-state index is 13.4. The third kappa shape index (κ3) is 4.72. The van der Waals surface area contributed by atoms with E-state index in [9.17, 15) is 4.79 Å². The van der Waals surface area contributed by atoms with E-state index < -0.39 is 0 Å². The van der Waals surface area contributed by atoms with Crippen LogP contribution in [-0.4, -0.2) is 68.0 Å². The highest BCUT2D eigenvalue weighted by molar-refractivity contribution is 5.79. The van der Waals surface area contributed by atoms with Crippen molar-refractivity contribution in [2.75, 3.05) is 26.2 Å². The summed E-state index contributed by atoms with van der Waals surface area (Å²) < 4.78 is 0. The first-order valence-electron chi connectivity index (χ1n) is 13.3. The van der Waals surface area contributed by atoms with Gasteiger partial charge in [-0.1, -0.05) is 18.2 Å². The number of pyridine rings is 1. The highest BCUT2D eigenvalue weighted by atomic mass is 16.2. The molecule has 36 heavy (non-hydrogen) atoms. The van der Waals surface area contributed by atoms with Crippen molar-refractivity contribution < 1.29 is 4.79 Å². The molecule has 4 aliphatic rings. The van der Waals surface area contributed by atoms with Gasteiger partial charge in [-0.2, -0.15) is 10.2 Å². The minimum absolute atomic E-state index is 0.152. The Bertz CT molecular complexity index is 1140. The van der Waals surface area contributed by atoms with E-state index in [1.165, 1.54) is 17.0 Å². The predicted molar refractivity (Wildman–Crippen MR) is 139 cm³/mol. The van der Waals surface area contributed by atoms with Crippen molar-refractivity contribution in [3.8, 4) is 0 Å². The zero-order chi connectivity index (χ0) is 24.3. The van der Waals surface area contributed by atoms with Crippen molar-refractivity contribution in [3.63, 3.8) is 0 Å². The average molecular weight is 483 g/mol. The molecule has 0 aromatic carbocycles. The SMILES string of the molecule is O=C(C1CCN(Cc2ccnnc2)CC1)N1CCC(N2C(c3ccccn3)=CC3CC=CC=C32)CC1. The maximum absolute atomic E-state index is 13.4. The summed E-state index contributed by atoms with van der Waals surface area (Å²) in [5.41, 5.74) is 4.85. The molecule has 5 heterocycles. The Morgan fingerprint density at radius 1 is 0.972 bits per heavy atom. The van der Waals surface area contributed by atoms with Crippen LogP contribution in [-0.2, 0) is 11.3 Å². The second-order valence-electron chi connectivity index (χ2n) is 10.4. The molecule has 1 atom stereocenters. The Labute approximate surface area is 213 Å². The van der Waals surface area contributed by atoms with Crippen LogP contribution in [0, 0.1) is 11.8 Å². The van der Waals surface area contributed by atoms with Gasteiger partial charge in [-0.3, -0.25) is 14.7 Å². The predicted octanol–water partition coefficient (Wildman–Crippen LogP) is 3.89. The molecule has 0 N–H and O–H groups in total. The lowest BCUT2D eigenvalue weighted by Gasteiger charge is -2.42. The molecule has 6 rings (SSSR count). The zero-order valence-corrected chi connectivity index (χ0v) is 20.7. The zero-order valence-electron chi connectivity index (χ0n) is 20.7. The minimum Gasteiger partial charge on any atom is -0.342 e. The van der Waals surface area contributed by atoms with Crippen molar-refractivity contribution >= 4 is 11.6 Å². The summed E-state index contributed by atoms with van der Waals surface area (Å²) in [6.07, 6.45) is 19.5. The summed E-state index contributed by atoms with van der Waals surface area (Å²) in [5, 5.41) is 7.84. The number of likely N-dealkylation sites (tertiary alicyclic amines) is 2. The van der Waals surface area contributed by atoms with E-state index in [2.05, 4.69) is 66.3 Å². The molecule has 2 fully saturated rings. The summed E-state index contributed by atoms with van der Waals surface area (Å²) in [6, 6.07) is 8.57. The monoisotopic (exact) mass is 482 g/mol. The first kappa shape index (κ1) is 23.1. The number of rotatable bonds is 5. The highest BCUT2D eigenvalue weighted by Gasteiger charge is 2.38. The largest absolute Gasteiger partial charge is 0.342 e. The molecule has 2 aromatic rings. The van der Waals surface area contributed by atoms with Crippen molar-refractivity contribution in [1.29, 1.82) is 0 Å². The molecule has 0 saturated carbocycles. The van der Waals surface area contributed by atoms with E-state index in [1.54, 1.807) is 6.20 Å². The standard InChI is InChI=1S/C29H34N6O/c36-29(23-9-15-33(16-10-23)21-22-8-14-31-32-20-22)34-17-11-25(12-18-34)35-27-7-2-1-5-24(27)19-28(35)26-6-3-4-13-30-26/h1-4,6-8,13-14,19-20,23-25H,5,9-12,15-18,21H2. The molecule has 7 nitrogen and oxygen atoms in total. The molecule has 2 aromatic heterocycles. The van der Waals surface area contributed by atoms with E-state index in [1.807, 2.05) is 24.5 Å². The normalized spacial score (nSPS) is 23.4. The minimum atomic E-state index is 0.152. The van der Waals surface area contributed by atoms with Crippen LogP contribution in [0.25, 0.3) is 5.70 Å². The topological polar surface area (TPSA) is 65.5 Å². The van der Waals surface area contributed by atoms with E-state index in [0.717, 1.165) is 70.5 Å². The van der Waals surface area contributed by atoms with Gasteiger partial charge in [-0.05, 0) is 81.1 Å². The molecule has 1 amide bonds. The Kier molecular flexibility index (Phi) is 6.64. The van der Waals surface area contributed by atoms with Crippen LogP contribution < -0.4 is 0 Å². The number of allylic oxidation sites excluding steroid dienone is 4. The summed E-state index contributed by atoms with van der Waals surface area (Å²) in [7, 11) is 0. The fraction of sp³-hybridized carbons (Fsp3) is 0.448. The number of fused-ring (bicyclic) bond motifs is 1. The number of hydrogen-bond acceptors (Lipinski definition) is 6. The Morgan fingerprint density at radius 3 is 2.58 bits per heavy atom. The second-order valence-corrected chi connectivity index (χ2v) is 10.4. The second kappa shape index (κ2) is 10.3. The van der Waals surface area contributed by atoms with Crippen molar-refractivity contribution in [3.05, 3.63) is 84.1 Å². The number of carbonyl (C=O) groups is 1. The van der Waals surface area contributed by atoms with Gasteiger partial charge in [-0.25, -0.2) is 0 Å². The number of carbonyl (C=O) groups excluding carboxylic acids is 1. The van der Waals surface area contributed by atoms with Crippen molar-refractivity contribution in [1.82, 2.24) is 29.9 Å². The van der Waals surface area contributed by atoms with Gasteiger partial charge in [0.25, 0.3) is 0 Å². The van der Waals surface area contributed by atoms with Gasteiger partial charge >= 0.3 is 0 Å². The van der Waals surface area contributed by atoms with Crippen molar-refractivity contribution in [2.24, 2.45) is 11.8 Å². The van der Waals surface area contributed by atoms with Gasteiger partial charge in [0.05, 0.1) is 17.6 Å². The van der Waals surface area contributed by atoms with Crippen molar-refractivity contribution in [2.45, 2.75) is 44.7 Å². The van der Waals surface area contributed by atoms with Crippen LogP contribution in [0.5, 0.6) is 0 Å². The smallest absolute Gasteiger partial charge is 0.225 e. The molecule has 186 valence electrons. The first-order valence-corrected chi connectivity index (χ1v) is 13.3. The third-order valence-corrected chi connectivity index (χ3v) is 8.13. The summed E-state index contributed by atoms with van der Waals surface area (Å²) >= 11 is 0. The average Bonchev–Trinajstić information content (AvgIpc) is 3.34. The molecule has 3 aliphatic heterocycles. The Morgan fingerprint density at radius 2 is 1.83 bits per heavy atom. The first-order chi connectivity index (χ1) is 17.8. The molecular formula is C29H34N6O. The van der Waals surface area contributed by atoms with Crippen LogP contribution in [0.1, 0.15) is 43.4 Å². The number of amides is 1. The van der Waals surface area contributed by atoms with Gasteiger partial charge in [0, 0.05) is 55.6 Å². The summed E-state index contributed by atoms with van der Waals surface area (Å²) in [5.74, 6) is 0.942. The Balaban J connectivity index is 1.06. The molecule has 0 radical (unpaired) electrons. The number of hydrogen-bond donors (Lipinski definition) is 0. The van der Waals surface area contributed by atoms with Crippen LogP contribution in [0.3, 0.4) is 0 Å². The molecule has 0 bridgehead atoms.